The zero-order chi connectivity index (χ0) is 25.4. The lowest BCUT2D eigenvalue weighted by atomic mass is 9.97. The Morgan fingerprint density at radius 1 is 0.556 bits per heavy atom. The average molecular weight is 477 g/mol. The molecule has 0 bridgehead atoms. The molecule has 0 aromatic heterocycles. The molecule has 5 aromatic carbocycles. The van der Waals surface area contributed by atoms with Crippen LogP contribution in [0.3, 0.4) is 0 Å². The molecule has 0 heterocycles. The highest BCUT2D eigenvalue weighted by Gasteiger charge is 2.21. The van der Waals surface area contributed by atoms with Crippen molar-refractivity contribution >= 4 is 44.7 Å². The summed E-state index contributed by atoms with van der Waals surface area (Å²) in [5, 5.41) is 29.5. The van der Waals surface area contributed by atoms with Crippen molar-refractivity contribution in [1.29, 1.82) is 0 Å². The summed E-state index contributed by atoms with van der Waals surface area (Å²) in [6.07, 6.45) is 0. The predicted octanol–water partition coefficient (Wildman–Crippen LogP) is 6.53. The van der Waals surface area contributed by atoms with Gasteiger partial charge in [-0.1, -0.05) is 59.7 Å². The van der Waals surface area contributed by atoms with E-state index in [1.807, 2.05) is 38.1 Å². The Bertz CT molecular complexity index is 1520. The van der Waals surface area contributed by atoms with Gasteiger partial charge < -0.3 is 20.8 Å². The van der Waals surface area contributed by atoms with Crippen molar-refractivity contribution in [1.82, 2.24) is 0 Å². The van der Waals surface area contributed by atoms with Crippen LogP contribution in [-0.4, -0.2) is 22.0 Å². The minimum absolute atomic E-state index is 0.107. The standard InChI is InChI=1S/C30H24N2O4/c1-17-7-11-19(12-8-17)29(35)31-23-15-16-24(32-30(36)20-13-9-18(2)10-14-20)26-25(23)27(33)21-5-3-4-6-22(21)28(26)34/h3-16,33-34H,1-2H3,(H,31,35)(H,32,36). The number of aryl methyl sites for hydroxylation is 2. The molecule has 0 unspecified atom stereocenters. The molecule has 0 radical (unpaired) electrons. The molecule has 4 N–H and O–H groups in total. The topological polar surface area (TPSA) is 98.7 Å². The number of anilines is 2. The maximum Gasteiger partial charge on any atom is 0.255 e. The fraction of sp³-hybridized carbons (Fsp3) is 0.0667. The zero-order valence-electron chi connectivity index (χ0n) is 19.8. The summed E-state index contributed by atoms with van der Waals surface area (Å²) in [7, 11) is 0. The highest BCUT2D eigenvalue weighted by molar-refractivity contribution is 6.22. The van der Waals surface area contributed by atoms with Gasteiger partial charge in [-0.25, -0.2) is 0 Å². The summed E-state index contributed by atoms with van der Waals surface area (Å²) in [6, 6.07) is 24.3. The molecule has 0 saturated heterocycles. The molecule has 5 aromatic rings. The normalized spacial score (nSPS) is 10.9. The van der Waals surface area contributed by atoms with Gasteiger partial charge in [0.1, 0.15) is 11.5 Å². The molecule has 5 rings (SSSR count). The summed E-state index contributed by atoms with van der Waals surface area (Å²) in [5.41, 5.74) is 3.58. The summed E-state index contributed by atoms with van der Waals surface area (Å²) >= 11 is 0. The molecule has 178 valence electrons. The Morgan fingerprint density at radius 3 is 1.28 bits per heavy atom. The van der Waals surface area contributed by atoms with Gasteiger partial charge in [0.05, 0.1) is 22.1 Å². The maximum absolute atomic E-state index is 13.0. The summed E-state index contributed by atoms with van der Waals surface area (Å²) in [4.78, 5) is 26.0. The van der Waals surface area contributed by atoms with Crippen LogP contribution < -0.4 is 10.6 Å². The molecule has 0 saturated carbocycles. The largest absolute Gasteiger partial charge is 0.507 e. The smallest absolute Gasteiger partial charge is 0.255 e. The quantitative estimate of drug-likeness (QED) is 0.175. The third-order valence-corrected chi connectivity index (χ3v) is 6.24. The van der Waals surface area contributed by atoms with E-state index in [0.717, 1.165) is 11.1 Å². The van der Waals surface area contributed by atoms with Crippen LogP contribution in [0.25, 0.3) is 21.5 Å². The van der Waals surface area contributed by atoms with Crippen molar-refractivity contribution in [3.8, 4) is 11.5 Å². The van der Waals surface area contributed by atoms with Crippen molar-refractivity contribution in [2.45, 2.75) is 13.8 Å². The number of hydrogen-bond donors (Lipinski definition) is 4. The molecule has 6 nitrogen and oxygen atoms in total. The summed E-state index contributed by atoms with van der Waals surface area (Å²) in [6.45, 7) is 3.87. The van der Waals surface area contributed by atoms with Crippen LogP contribution in [0.2, 0.25) is 0 Å². The van der Waals surface area contributed by atoms with Crippen LogP contribution in [0, 0.1) is 13.8 Å². The van der Waals surface area contributed by atoms with E-state index in [1.165, 1.54) is 0 Å². The first-order valence-corrected chi connectivity index (χ1v) is 11.5. The first kappa shape index (κ1) is 22.9. The highest BCUT2D eigenvalue weighted by atomic mass is 16.3. The van der Waals surface area contributed by atoms with Crippen molar-refractivity contribution in [3.05, 3.63) is 107 Å². The van der Waals surface area contributed by atoms with E-state index in [-0.39, 0.29) is 34.1 Å². The number of nitrogens with one attached hydrogen (secondary N) is 2. The van der Waals surface area contributed by atoms with E-state index in [0.29, 0.717) is 33.3 Å². The first-order valence-electron chi connectivity index (χ1n) is 11.5. The second kappa shape index (κ2) is 9.07. The number of benzene rings is 5. The van der Waals surface area contributed by atoms with Crippen molar-refractivity contribution in [3.63, 3.8) is 0 Å². The Labute approximate surface area is 207 Å². The van der Waals surface area contributed by atoms with Crippen LogP contribution in [0.5, 0.6) is 11.5 Å². The Balaban J connectivity index is 1.66. The van der Waals surface area contributed by atoms with Gasteiger partial charge in [-0.15, -0.1) is 0 Å². The second-order valence-electron chi connectivity index (χ2n) is 8.79. The summed E-state index contributed by atoms with van der Waals surface area (Å²) < 4.78 is 0. The molecular weight excluding hydrogens is 452 g/mol. The van der Waals surface area contributed by atoms with Gasteiger partial charge in [-0.2, -0.15) is 0 Å². The number of fused-ring (bicyclic) bond motifs is 2. The van der Waals surface area contributed by atoms with Crippen LogP contribution in [0.4, 0.5) is 11.4 Å². The maximum atomic E-state index is 13.0. The Kier molecular flexibility index (Phi) is 5.78. The number of amides is 2. The molecule has 0 aliphatic rings. The average Bonchev–Trinajstić information content (AvgIpc) is 2.88. The molecule has 0 atom stereocenters. The van der Waals surface area contributed by atoms with Crippen LogP contribution in [0.1, 0.15) is 31.8 Å². The third-order valence-electron chi connectivity index (χ3n) is 6.24. The van der Waals surface area contributed by atoms with Crippen LogP contribution in [0.15, 0.2) is 84.9 Å². The number of carbonyl (C=O) groups excluding carboxylic acids is 2. The van der Waals surface area contributed by atoms with Crippen LogP contribution >= 0.6 is 0 Å². The van der Waals surface area contributed by atoms with Gasteiger partial charge in [0.25, 0.3) is 11.8 Å². The van der Waals surface area contributed by atoms with Crippen LogP contribution in [-0.2, 0) is 0 Å². The number of carbonyl (C=O) groups is 2. The fourth-order valence-electron chi connectivity index (χ4n) is 4.27. The number of phenolic OH excluding ortho intramolecular Hbond substituents is 2. The molecule has 0 aliphatic heterocycles. The molecule has 2 amide bonds. The van der Waals surface area contributed by atoms with Gasteiger partial charge in [0.2, 0.25) is 0 Å². The third kappa shape index (κ3) is 4.09. The van der Waals surface area contributed by atoms with Crippen molar-refractivity contribution < 1.29 is 19.8 Å². The molecular formula is C30H24N2O4. The highest BCUT2D eigenvalue weighted by Crippen LogP contribution is 2.47. The van der Waals surface area contributed by atoms with E-state index in [4.69, 9.17) is 0 Å². The summed E-state index contributed by atoms with van der Waals surface area (Å²) in [5.74, 6) is -0.937. The lowest BCUT2D eigenvalue weighted by Gasteiger charge is -2.18. The molecule has 0 spiro atoms. The Hall–Kier alpha value is -4.84. The fourth-order valence-corrected chi connectivity index (χ4v) is 4.27. The van der Waals surface area contributed by atoms with Gasteiger partial charge in [0.15, 0.2) is 0 Å². The lowest BCUT2D eigenvalue weighted by molar-refractivity contribution is 0.101. The minimum Gasteiger partial charge on any atom is -0.507 e. The zero-order valence-corrected chi connectivity index (χ0v) is 19.8. The van der Waals surface area contributed by atoms with E-state index < -0.39 is 0 Å². The monoisotopic (exact) mass is 476 g/mol. The second-order valence-corrected chi connectivity index (χ2v) is 8.79. The minimum atomic E-state index is -0.361. The molecule has 6 heteroatoms. The van der Waals surface area contributed by atoms with Gasteiger partial charge in [-0.05, 0) is 50.2 Å². The number of hydrogen-bond acceptors (Lipinski definition) is 4. The number of rotatable bonds is 4. The van der Waals surface area contributed by atoms with Crippen molar-refractivity contribution in [2.24, 2.45) is 0 Å². The van der Waals surface area contributed by atoms with E-state index >= 15 is 0 Å². The molecule has 36 heavy (non-hydrogen) atoms. The Morgan fingerprint density at radius 2 is 0.917 bits per heavy atom. The molecule has 0 aliphatic carbocycles. The lowest BCUT2D eigenvalue weighted by Crippen LogP contribution is -2.14. The molecule has 0 fully saturated rings. The number of aromatic hydroxyl groups is 2. The SMILES string of the molecule is Cc1ccc(C(=O)Nc2ccc(NC(=O)c3ccc(C)cc3)c3c(O)c4ccccc4c(O)c23)cc1. The van der Waals surface area contributed by atoms with Gasteiger partial charge in [-0.3, -0.25) is 9.59 Å². The first-order chi connectivity index (χ1) is 17.3. The number of phenols is 2. The van der Waals surface area contributed by atoms with Gasteiger partial charge >= 0.3 is 0 Å². The van der Waals surface area contributed by atoms with Crippen molar-refractivity contribution in [2.75, 3.05) is 10.6 Å². The van der Waals surface area contributed by atoms with Gasteiger partial charge in [0, 0.05) is 21.9 Å². The predicted molar refractivity (Wildman–Crippen MR) is 143 cm³/mol. The van der Waals surface area contributed by atoms with E-state index in [9.17, 15) is 19.8 Å². The van der Waals surface area contributed by atoms with E-state index in [2.05, 4.69) is 10.6 Å². The van der Waals surface area contributed by atoms with E-state index in [1.54, 1.807) is 60.7 Å².